The number of benzene rings is 1. The fourth-order valence-corrected chi connectivity index (χ4v) is 1.53. The minimum absolute atomic E-state index is 0.0620. The summed E-state index contributed by atoms with van der Waals surface area (Å²) in [6.45, 7) is 2.71. The summed E-state index contributed by atoms with van der Waals surface area (Å²) in [6.07, 6.45) is -4.66. The Morgan fingerprint density at radius 2 is 2.10 bits per heavy atom. The van der Waals surface area contributed by atoms with Gasteiger partial charge in [0.05, 0.1) is 16.5 Å². The number of nitrogens with zero attached hydrogens (tertiary/aromatic N) is 1. The molecular weight excluding hydrogens is 293 g/mol. The van der Waals surface area contributed by atoms with Crippen LogP contribution in [0.25, 0.3) is 0 Å². The molecule has 0 saturated heterocycles. The molecule has 1 N–H and O–H groups in total. The van der Waals surface area contributed by atoms with Crippen molar-refractivity contribution in [2.24, 2.45) is 0 Å². The zero-order chi connectivity index (χ0) is 16.2. The van der Waals surface area contributed by atoms with Crippen molar-refractivity contribution < 1.29 is 27.6 Å². The lowest BCUT2D eigenvalue weighted by Crippen LogP contribution is -2.23. The number of halogens is 3. The monoisotopic (exact) mass is 306 g/mol. The fourth-order valence-electron chi connectivity index (χ4n) is 1.53. The van der Waals surface area contributed by atoms with Crippen molar-refractivity contribution in [3.8, 4) is 0 Å². The van der Waals surface area contributed by atoms with Crippen LogP contribution in [-0.4, -0.2) is 23.5 Å². The second-order valence-electron chi connectivity index (χ2n) is 4.33. The Labute approximate surface area is 118 Å². The Hall–Kier alpha value is -2.32. The first-order chi connectivity index (χ1) is 9.61. The maximum Gasteiger partial charge on any atom is 0.416 e. The summed E-state index contributed by atoms with van der Waals surface area (Å²) in [5, 5.41) is 13.5. The number of ether oxygens (including phenoxy) is 1. The molecule has 1 rings (SSSR count). The van der Waals surface area contributed by atoms with E-state index in [1.165, 1.54) is 6.92 Å². The second kappa shape index (κ2) is 6.42. The summed E-state index contributed by atoms with van der Waals surface area (Å²) in [6, 6.07) is 1.68. The molecule has 0 radical (unpaired) electrons. The first-order valence-corrected chi connectivity index (χ1v) is 5.86. The van der Waals surface area contributed by atoms with Crippen molar-refractivity contribution in [1.29, 1.82) is 0 Å². The maximum atomic E-state index is 12.5. The van der Waals surface area contributed by atoms with Gasteiger partial charge in [-0.05, 0) is 19.1 Å². The van der Waals surface area contributed by atoms with Gasteiger partial charge in [0.2, 0.25) is 0 Å². The molecule has 0 unspecified atom stereocenters. The first-order valence-electron chi connectivity index (χ1n) is 5.86. The number of hydrogen-bond acceptors (Lipinski definition) is 5. The van der Waals surface area contributed by atoms with Gasteiger partial charge in [0.15, 0.2) is 0 Å². The molecule has 21 heavy (non-hydrogen) atoms. The zero-order valence-electron chi connectivity index (χ0n) is 11.2. The Bertz CT molecular complexity index is 546. The van der Waals surface area contributed by atoms with Crippen LogP contribution >= 0.6 is 0 Å². The Morgan fingerprint density at radius 1 is 1.48 bits per heavy atom. The lowest BCUT2D eigenvalue weighted by molar-refractivity contribution is -0.384. The number of esters is 1. The third-order valence-electron chi connectivity index (χ3n) is 2.46. The number of anilines is 1. The molecule has 6 nitrogen and oxygen atoms in total. The van der Waals surface area contributed by atoms with Gasteiger partial charge < -0.3 is 10.1 Å². The van der Waals surface area contributed by atoms with Crippen LogP contribution < -0.4 is 5.32 Å². The van der Waals surface area contributed by atoms with E-state index in [-0.39, 0.29) is 12.3 Å². The largest absolute Gasteiger partial charge is 0.464 e. The number of nitro groups is 1. The highest BCUT2D eigenvalue weighted by molar-refractivity contribution is 5.66. The normalized spacial score (nSPS) is 12.6. The Balaban J connectivity index is 2.97. The van der Waals surface area contributed by atoms with Crippen molar-refractivity contribution in [1.82, 2.24) is 0 Å². The molecule has 0 aromatic heterocycles. The van der Waals surface area contributed by atoms with Crippen molar-refractivity contribution in [2.75, 3.05) is 11.9 Å². The van der Waals surface area contributed by atoms with Crippen LogP contribution in [0.2, 0.25) is 0 Å². The molecule has 1 atom stereocenters. The van der Waals surface area contributed by atoms with Crippen molar-refractivity contribution in [3.63, 3.8) is 0 Å². The van der Waals surface area contributed by atoms with E-state index in [4.69, 9.17) is 4.74 Å². The van der Waals surface area contributed by atoms with E-state index < -0.39 is 34.4 Å². The predicted molar refractivity (Wildman–Crippen MR) is 67.8 cm³/mol. The molecular formula is C12H13F3N2O4. The molecule has 0 heterocycles. The summed E-state index contributed by atoms with van der Waals surface area (Å²) in [5.41, 5.74) is -1.88. The van der Waals surface area contributed by atoms with Gasteiger partial charge in [-0.25, -0.2) is 0 Å². The van der Waals surface area contributed by atoms with E-state index in [0.717, 1.165) is 12.1 Å². The number of hydrogen-bond donors (Lipinski definition) is 1. The van der Waals surface area contributed by atoms with Crippen LogP contribution in [0.3, 0.4) is 0 Å². The van der Waals surface area contributed by atoms with E-state index >= 15 is 0 Å². The van der Waals surface area contributed by atoms with E-state index in [9.17, 15) is 28.1 Å². The van der Waals surface area contributed by atoms with Gasteiger partial charge in [0.25, 0.3) is 5.69 Å². The average molecular weight is 306 g/mol. The number of nitrogens with one attached hydrogen (secondary N) is 1. The predicted octanol–water partition coefficient (Wildman–Crippen LogP) is 2.98. The van der Waals surface area contributed by atoms with Crippen molar-refractivity contribution in [3.05, 3.63) is 33.9 Å². The highest BCUT2D eigenvalue weighted by Crippen LogP contribution is 2.35. The van der Waals surface area contributed by atoms with E-state index in [1.807, 2.05) is 0 Å². The van der Waals surface area contributed by atoms with Gasteiger partial charge >= 0.3 is 12.1 Å². The van der Waals surface area contributed by atoms with Gasteiger partial charge in [0, 0.05) is 13.0 Å². The lowest BCUT2D eigenvalue weighted by atomic mass is 10.1. The van der Waals surface area contributed by atoms with Crippen LogP contribution in [0.4, 0.5) is 24.5 Å². The SMILES string of the molecule is CC(=O)OC[C@@H](C)Nc1ccc(C(F)(F)F)cc1[N+](=O)[O-]. The molecule has 0 saturated carbocycles. The summed E-state index contributed by atoms with van der Waals surface area (Å²) in [5.74, 6) is -0.523. The fraction of sp³-hybridized carbons (Fsp3) is 0.417. The van der Waals surface area contributed by atoms with Crippen LogP contribution in [0.15, 0.2) is 18.2 Å². The van der Waals surface area contributed by atoms with Crippen LogP contribution in [0, 0.1) is 10.1 Å². The number of rotatable bonds is 5. The van der Waals surface area contributed by atoms with Crippen LogP contribution in [0.1, 0.15) is 19.4 Å². The molecule has 0 spiro atoms. The number of carbonyl (C=O) groups is 1. The average Bonchev–Trinajstić information content (AvgIpc) is 2.35. The topological polar surface area (TPSA) is 81.5 Å². The van der Waals surface area contributed by atoms with E-state index in [2.05, 4.69) is 5.32 Å². The molecule has 0 aliphatic heterocycles. The first kappa shape index (κ1) is 16.7. The van der Waals surface area contributed by atoms with Gasteiger partial charge in [-0.3, -0.25) is 14.9 Å². The third kappa shape index (κ3) is 4.93. The molecule has 0 aliphatic rings. The molecule has 0 aliphatic carbocycles. The van der Waals surface area contributed by atoms with Gasteiger partial charge in [-0.2, -0.15) is 13.2 Å². The number of nitro benzene ring substituents is 1. The van der Waals surface area contributed by atoms with E-state index in [0.29, 0.717) is 6.07 Å². The molecule has 9 heteroatoms. The van der Waals surface area contributed by atoms with Crippen molar-refractivity contribution >= 4 is 17.3 Å². The standard InChI is InChI=1S/C12H13F3N2O4/c1-7(6-21-8(2)18)16-10-4-3-9(12(13,14)15)5-11(10)17(19)20/h3-5,7,16H,6H2,1-2H3/t7-/m1/s1. The summed E-state index contributed by atoms with van der Waals surface area (Å²) >= 11 is 0. The molecule has 116 valence electrons. The number of carbonyl (C=O) groups excluding carboxylic acids is 1. The smallest absolute Gasteiger partial charge is 0.416 e. The second-order valence-corrected chi connectivity index (χ2v) is 4.33. The molecule has 0 amide bonds. The molecule has 0 fully saturated rings. The van der Waals surface area contributed by atoms with Crippen LogP contribution in [0.5, 0.6) is 0 Å². The summed E-state index contributed by atoms with van der Waals surface area (Å²) in [7, 11) is 0. The lowest BCUT2D eigenvalue weighted by Gasteiger charge is -2.16. The highest BCUT2D eigenvalue weighted by atomic mass is 19.4. The van der Waals surface area contributed by atoms with E-state index in [1.54, 1.807) is 6.92 Å². The minimum atomic E-state index is -4.66. The van der Waals surface area contributed by atoms with Gasteiger partial charge in [0.1, 0.15) is 12.3 Å². The maximum absolute atomic E-state index is 12.5. The van der Waals surface area contributed by atoms with Gasteiger partial charge in [-0.15, -0.1) is 0 Å². The van der Waals surface area contributed by atoms with Crippen LogP contribution in [-0.2, 0) is 15.7 Å². The quantitative estimate of drug-likeness (QED) is 0.514. The zero-order valence-corrected chi connectivity index (χ0v) is 11.2. The summed E-state index contributed by atoms with van der Waals surface area (Å²) in [4.78, 5) is 20.6. The third-order valence-corrected chi connectivity index (χ3v) is 2.46. The molecule has 0 bridgehead atoms. The highest BCUT2D eigenvalue weighted by Gasteiger charge is 2.33. The number of alkyl halides is 3. The van der Waals surface area contributed by atoms with Gasteiger partial charge in [-0.1, -0.05) is 0 Å². The molecule has 1 aromatic rings. The minimum Gasteiger partial charge on any atom is -0.464 e. The summed E-state index contributed by atoms with van der Waals surface area (Å²) < 4.78 is 42.3. The Morgan fingerprint density at radius 3 is 2.57 bits per heavy atom. The van der Waals surface area contributed by atoms with Crippen molar-refractivity contribution in [2.45, 2.75) is 26.1 Å². The Kier molecular flexibility index (Phi) is 5.12. The molecule has 1 aromatic carbocycles.